The molecule has 0 aliphatic carbocycles. The molecule has 0 radical (unpaired) electrons. The maximum Gasteiger partial charge on any atom is 0.226 e. The lowest BCUT2D eigenvalue weighted by atomic mass is 9.93. The summed E-state index contributed by atoms with van der Waals surface area (Å²) in [6, 6.07) is 8.21. The Labute approximate surface area is 159 Å². The minimum Gasteiger partial charge on any atom is -0.441 e. The molecule has 1 aliphatic heterocycles. The molecule has 1 aromatic carbocycles. The fraction of sp³-hybridized carbons (Fsp3) is 0.476. The monoisotopic (exact) mass is 366 g/mol. The van der Waals surface area contributed by atoms with Crippen molar-refractivity contribution in [1.82, 2.24) is 20.0 Å². The summed E-state index contributed by atoms with van der Waals surface area (Å²) in [5.74, 6) is 3.73. The van der Waals surface area contributed by atoms with Crippen LogP contribution < -0.4 is 0 Å². The van der Waals surface area contributed by atoms with Crippen LogP contribution in [0.4, 0.5) is 0 Å². The van der Waals surface area contributed by atoms with E-state index in [1.807, 2.05) is 26.0 Å². The number of piperidine rings is 1. The van der Waals surface area contributed by atoms with Crippen LogP contribution >= 0.6 is 0 Å². The number of hydrogen-bond donors (Lipinski definition) is 0. The minimum absolute atomic E-state index is 0.613. The molecule has 1 fully saturated rings. The zero-order chi connectivity index (χ0) is 18.8. The first-order valence-electron chi connectivity index (χ1n) is 9.62. The Bertz CT molecular complexity index is 907. The minimum atomic E-state index is 0.613. The van der Waals surface area contributed by atoms with E-state index in [1.54, 1.807) is 0 Å². The summed E-state index contributed by atoms with van der Waals surface area (Å²) in [7, 11) is 0. The van der Waals surface area contributed by atoms with Crippen LogP contribution in [0.25, 0.3) is 11.5 Å². The largest absolute Gasteiger partial charge is 0.441 e. The van der Waals surface area contributed by atoms with E-state index in [0.717, 1.165) is 67.7 Å². The van der Waals surface area contributed by atoms with Crippen LogP contribution in [-0.2, 0) is 13.0 Å². The molecule has 0 N–H and O–H groups in total. The molecule has 4 rings (SSSR count). The van der Waals surface area contributed by atoms with Gasteiger partial charge in [-0.3, -0.25) is 4.90 Å². The second-order valence-electron chi connectivity index (χ2n) is 7.50. The molecule has 1 aliphatic rings. The van der Waals surface area contributed by atoms with E-state index in [2.05, 4.69) is 34.1 Å². The van der Waals surface area contributed by atoms with E-state index in [-0.39, 0.29) is 0 Å². The van der Waals surface area contributed by atoms with Crippen molar-refractivity contribution in [1.29, 1.82) is 0 Å². The third-order valence-corrected chi connectivity index (χ3v) is 5.38. The smallest absolute Gasteiger partial charge is 0.226 e. The fourth-order valence-electron chi connectivity index (χ4n) is 3.73. The van der Waals surface area contributed by atoms with Gasteiger partial charge in [0.05, 0.1) is 5.69 Å². The molecule has 1 saturated heterocycles. The van der Waals surface area contributed by atoms with Crippen LogP contribution in [-0.4, -0.2) is 33.1 Å². The second kappa shape index (κ2) is 7.64. The van der Waals surface area contributed by atoms with Crippen molar-refractivity contribution in [2.24, 2.45) is 5.92 Å². The molecule has 0 spiro atoms. The predicted octanol–water partition coefficient (Wildman–Crippen LogP) is 4.10. The summed E-state index contributed by atoms with van der Waals surface area (Å²) in [6.45, 7) is 8.92. The van der Waals surface area contributed by atoms with Gasteiger partial charge >= 0.3 is 0 Å². The van der Waals surface area contributed by atoms with Gasteiger partial charge < -0.3 is 8.94 Å². The highest BCUT2D eigenvalue weighted by Crippen LogP contribution is 2.27. The van der Waals surface area contributed by atoms with Gasteiger partial charge in [-0.25, -0.2) is 4.98 Å². The molecular weight excluding hydrogens is 340 g/mol. The van der Waals surface area contributed by atoms with E-state index in [9.17, 15) is 0 Å². The molecule has 2 aromatic heterocycles. The molecule has 142 valence electrons. The summed E-state index contributed by atoms with van der Waals surface area (Å²) < 4.78 is 11.2. The Morgan fingerprint density at radius 3 is 2.56 bits per heavy atom. The van der Waals surface area contributed by atoms with Gasteiger partial charge in [-0.15, -0.1) is 0 Å². The first kappa shape index (κ1) is 17.9. The average molecular weight is 366 g/mol. The average Bonchev–Trinajstić information content (AvgIpc) is 3.23. The predicted molar refractivity (Wildman–Crippen MR) is 102 cm³/mol. The highest BCUT2D eigenvalue weighted by atomic mass is 16.5. The third-order valence-electron chi connectivity index (χ3n) is 5.38. The molecule has 0 saturated carbocycles. The quantitative estimate of drug-likeness (QED) is 0.677. The van der Waals surface area contributed by atoms with Crippen molar-refractivity contribution in [3.8, 4) is 11.5 Å². The number of aromatic nitrogens is 3. The van der Waals surface area contributed by atoms with Crippen LogP contribution in [0.5, 0.6) is 0 Å². The molecular formula is C21H26N4O2. The number of likely N-dealkylation sites (tertiary alicyclic amines) is 1. The lowest BCUT2D eigenvalue weighted by molar-refractivity contribution is 0.169. The van der Waals surface area contributed by atoms with Crippen molar-refractivity contribution in [3.05, 3.63) is 53.0 Å². The summed E-state index contributed by atoms with van der Waals surface area (Å²) in [6.07, 6.45) is 3.17. The van der Waals surface area contributed by atoms with Gasteiger partial charge in [0, 0.05) is 18.5 Å². The lowest BCUT2D eigenvalue weighted by Gasteiger charge is -2.30. The first-order valence-corrected chi connectivity index (χ1v) is 9.62. The van der Waals surface area contributed by atoms with Crippen molar-refractivity contribution in [2.45, 2.75) is 46.6 Å². The first-order chi connectivity index (χ1) is 13.1. The summed E-state index contributed by atoms with van der Waals surface area (Å²) in [4.78, 5) is 11.6. The third kappa shape index (κ3) is 4.11. The highest BCUT2D eigenvalue weighted by Gasteiger charge is 2.23. The van der Waals surface area contributed by atoms with Crippen LogP contribution in [0.2, 0.25) is 0 Å². The Hall–Kier alpha value is -2.47. The van der Waals surface area contributed by atoms with Crippen molar-refractivity contribution < 1.29 is 8.94 Å². The van der Waals surface area contributed by atoms with E-state index in [0.29, 0.717) is 11.7 Å². The number of aryl methyl sites for hydroxylation is 3. The lowest BCUT2D eigenvalue weighted by Crippen LogP contribution is -2.34. The molecule has 3 aromatic rings. The van der Waals surface area contributed by atoms with Gasteiger partial charge in [0.1, 0.15) is 5.76 Å². The number of hydrogen-bond acceptors (Lipinski definition) is 6. The standard InChI is InChI=1S/C21H26N4O2/c1-14-6-4-5-7-18(14)21-23-19(15(2)26-21)13-25-10-8-17(9-11-25)12-20-22-16(3)24-27-20/h4-7,17H,8-13H2,1-3H3. The molecule has 0 amide bonds. The maximum absolute atomic E-state index is 5.96. The Morgan fingerprint density at radius 1 is 1.07 bits per heavy atom. The molecule has 6 heteroatoms. The number of nitrogens with zero attached hydrogens (tertiary/aromatic N) is 4. The van der Waals surface area contributed by atoms with Crippen molar-refractivity contribution >= 4 is 0 Å². The van der Waals surface area contributed by atoms with Crippen LogP contribution in [0.1, 0.15) is 41.6 Å². The van der Waals surface area contributed by atoms with Gasteiger partial charge in [-0.05, 0) is 64.3 Å². The second-order valence-corrected chi connectivity index (χ2v) is 7.50. The molecule has 6 nitrogen and oxygen atoms in total. The van der Waals surface area contributed by atoms with Crippen LogP contribution in [0.15, 0.2) is 33.2 Å². The summed E-state index contributed by atoms with van der Waals surface area (Å²) >= 11 is 0. The van der Waals surface area contributed by atoms with E-state index in [4.69, 9.17) is 13.9 Å². The van der Waals surface area contributed by atoms with Crippen molar-refractivity contribution in [2.75, 3.05) is 13.1 Å². The maximum atomic E-state index is 5.96. The molecule has 0 atom stereocenters. The zero-order valence-corrected chi connectivity index (χ0v) is 16.2. The highest BCUT2D eigenvalue weighted by molar-refractivity contribution is 5.58. The van der Waals surface area contributed by atoms with Crippen LogP contribution in [0.3, 0.4) is 0 Å². The van der Waals surface area contributed by atoms with Gasteiger partial charge in [0.2, 0.25) is 11.8 Å². The molecule has 0 bridgehead atoms. The number of rotatable bonds is 5. The zero-order valence-electron chi connectivity index (χ0n) is 16.2. The van der Waals surface area contributed by atoms with Gasteiger partial charge in [-0.1, -0.05) is 23.4 Å². The van der Waals surface area contributed by atoms with Crippen molar-refractivity contribution in [3.63, 3.8) is 0 Å². The van der Waals surface area contributed by atoms with E-state index >= 15 is 0 Å². The van der Waals surface area contributed by atoms with Gasteiger partial charge in [0.25, 0.3) is 0 Å². The summed E-state index contributed by atoms with van der Waals surface area (Å²) in [5.41, 5.74) is 3.29. The number of oxazole rings is 1. The summed E-state index contributed by atoms with van der Waals surface area (Å²) in [5, 5.41) is 3.88. The Kier molecular flexibility index (Phi) is 5.07. The van der Waals surface area contributed by atoms with Crippen LogP contribution in [0, 0.1) is 26.7 Å². The normalized spacial score (nSPS) is 16.1. The number of benzene rings is 1. The van der Waals surface area contributed by atoms with E-state index in [1.165, 1.54) is 5.56 Å². The van der Waals surface area contributed by atoms with Gasteiger partial charge in [-0.2, -0.15) is 4.98 Å². The Balaban J connectivity index is 1.36. The van der Waals surface area contributed by atoms with E-state index < -0.39 is 0 Å². The topological polar surface area (TPSA) is 68.2 Å². The van der Waals surface area contributed by atoms with Gasteiger partial charge in [0.15, 0.2) is 5.82 Å². The fourth-order valence-corrected chi connectivity index (χ4v) is 3.73. The molecule has 27 heavy (non-hydrogen) atoms. The SMILES string of the molecule is Cc1noc(CC2CCN(Cc3nc(-c4ccccc4C)oc3C)CC2)n1. The molecule has 0 unspecified atom stereocenters. The molecule has 3 heterocycles. The Morgan fingerprint density at radius 2 is 1.85 bits per heavy atom.